The Morgan fingerprint density at radius 1 is 1.50 bits per heavy atom. The second-order valence-corrected chi connectivity index (χ2v) is 4.74. The Kier molecular flexibility index (Phi) is 4.43. The lowest BCUT2D eigenvalue weighted by atomic mass is 9.85. The van der Waals surface area contributed by atoms with Crippen molar-refractivity contribution in [2.24, 2.45) is 0 Å². The summed E-state index contributed by atoms with van der Waals surface area (Å²) in [5, 5.41) is 3.61. The van der Waals surface area contributed by atoms with Crippen molar-refractivity contribution in [3.63, 3.8) is 0 Å². The summed E-state index contributed by atoms with van der Waals surface area (Å²) in [6, 6.07) is 4.44. The molecule has 3 atom stereocenters. The molecule has 0 aromatic heterocycles. The molecule has 1 aromatic carbocycles. The van der Waals surface area contributed by atoms with Crippen LogP contribution >= 0.6 is 11.6 Å². The zero-order valence-electron chi connectivity index (χ0n) is 10.5. The van der Waals surface area contributed by atoms with E-state index in [-0.39, 0.29) is 23.0 Å². The van der Waals surface area contributed by atoms with Crippen LogP contribution in [0.25, 0.3) is 0 Å². The molecule has 5 heteroatoms. The Balaban J connectivity index is 1.98. The Labute approximate surface area is 111 Å². The summed E-state index contributed by atoms with van der Waals surface area (Å²) in [4.78, 5) is 0. The first kappa shape index (κ1) is 13.6. The molecule has 1 fully saturated rings. The van der Waals surface area contributed by atoms with E-state index in [9.17, 15) is 4.39 Å². The third-order valence-corrected chi connectivity index (χ3v) is 3.46. The lowest BCUT2D eigenvalue weighted by Gasteiger charge is -2.43. The summed E-state index contributed by atoms with van der Waals surface area (Å²) in [7, 11) is 1.66. The summed E-state index contributed by atoms with van der Waals surface area (Å²) in [6.07, 6.45) is 0.827. The fourth-order valence-corrected chi connectivity index (χ4v) is 2.42. The van der Waals surface area contributed by atoms with Crippen LogP contribution in [-0.2, 0) is 4.74 Å². The summed E-state index contributed by atoms with van der Waals surface area (Å²) >= 11 is 5.92. The molecular formula is C13H17ClFNO2. The van der Waals surface area contributed by atoms with Gasteiger partial charge in [-0.05, 0) is 24.7 Å². The molecule has 0 radical (unpaired) electrons. The van der Waals surface area contributed by atoms with E-state index in [0.29, 0.717) is 11.8 Å². The van der Waals surface area contributed by atoms with Crippen LogP contribution in [0.1, 0.15) is 13.3 Å². The molecule has 3 nitrogen and oxygen atoms in total. The zero-order valence-corrected chi connectivity index (χ0v) is 11.2. The van der Waals surface area contributed by atoms with Crippen molar-refractivity contribution in [1.82, 2.24) is 5.32 Å². The van der Waals surface area contributed by atoms with Crippen molar-refractivity contribution in [3.8, 4) is 5.75 Å². The van der Waals surface area contributed by atoms with Gasteiger partial charge in [-0.25, -0.2) is 4.39 Å². The average Bonchev–Trinajstić information content (AvgIpc) is 2.31. The van der Waals surface area contributed by atoms with E-state index in [1.54, 1.807) is 13.2 Å². The number of likely N-dealkylation sites (N-methyl/N-ethyl adjacent to an activating group) is 1. The minimum atomic E-state index is -0.366. The summed E-state index contributed by atoms with van der Waals surface area (Å²) < 4.78 is 24.1. The minimum absolute atomic E-state index is 0.00562. The number of hydrogen-bond donors (Lipinski definition) is 1. The maximum atomic E-state index is 12.9. The van der Waals surface area contributed by atoms with Crippen LogP contribution in [0.2, 0.25) is 5.02 Å². The van der Waals surface area contributed by atoms with Crippen LogP contribution in [0.5, 0.6) is 5.75 Å². The summed E-state index contributed by atoms with van der Waals surface area (Å²) in [5.74, 6) is 0.134. The van der Waals surface area contributed by atoms with E-state index >= 15 is 0 Å². The lowest BCUT2D eigenvalue weighted by Crippen LogP contribution is -2.60. The summed E-state index contributed by atoms with van der Waals surface area (Å²) in [6.45, 7) is 2.95. The highest BCUT2D eigenvalue weighted by Gasteiger charge is 2.42. The number of nitrogens with one attached hydrogen (secondary N) is 1. The highest BCUT2D eigenvalue weighted by Crippen LogP contribution is 2.32. The predicted octanol–water partition coefficient (Wildman–Crippen LogP) is 2.62. The number of rotatable bonds is 5. The number of ether oxygens (including phenoxy) is 2. The van der Waals surface area contributed by atoms with Crippen molar-refractivity contribution in [3.05, 3.63) is 29.0 Å². The molecule has 3 unspecified atom stereocenters. The molecule has 1 N–H and O–H groups in total. The van der Waals surface area contributed by atoms with Crippen LogP contribution in [0.4, 0.5) is 4.39 Å². The molecule has 0 aliphatic heterocycles. The minimum Gasteiger partial charge on any atom is -0.486 e. The van der Waals surface area contributed by atoms with Gasteiger partial charge in [-0.1, -0.05) is 18.5 Å². The number of hydrogen-bond acceptors (Lipinski definition) is 3. The monoisotopic (exact) mass is 273 g/mol. The smallest absolute Gasteiger partial charge is 0.138 e. The van der Waals surface area contributed by atoms with Crippen molar-refractivity contribution in [2.75, 3.05) is 13.7 Å². The molecule has 0 amide bonds. The standard InChI is InChI=1S/C13H17ClFNO2/c1-3-16-10-7-12(13(10)17-2)18-11-5-4-8(15)6-9(11)14/h4-6,10,12-13,16H,3,7H2,1-2H3. The highest BCUT2D eigenvalue weighted by molar-refractivity contribution is 6.32. The first-order valence-corrected chi connectivity index (χ1v) is 6.41. The van der Waals surface area contributed by atoms with Gasteiger partial charge in [0.25, 0.3) is 0 Å². The molecule has 0 saturated heterocycles. The lowest BCUT2D eigenvalue weighted by molar-refractivity contribution is -0.0883. The molecule has 0 bridgehead atoms. The normalized spacial score (nSPS) is 26.8. The van der Waals surface area contributed by atoms with Gasteiger partial charge in [0.2, 0.25) is 0 Å². The molecular weight excluding hydrogens is 257 g/mol. The third-order valence-electron chi connectivity index (χ3n) is 3.16. The fourth-order valence-electron chi connectivity index (χ4n) is 2.21. The predicted molar refractivity (Wildman–Crippen MR) is 68.7 cm³/mol. The van der Waals surface area contributed by atoms with E-state index in [2.05, 4.69) is 12.2 Å². The molecule has 1 saturated carbocycles. The largest absolute Gasteiger partial charge is 0.486 e. The van der Waals surface area contributed by atoms with Crippen molar-refractivity contribution >= 4 is 11.6 Å². The van der Waals surface area contributed by atoms with Crippen LogP contribution in [0.15, 0.2) is 18.2 Å². The Hall–Kier alpha value is -0.840. The van der Waals surface area contributed by atoms with E-state index in [4.69, 9.17) is 21.1 Å². The van der Waals surface area contributed by atoms with E-state index in [1.807, 2.05) is 0 Å². The molecule has 18 heavy (non-hydrogen) atoms. The first-order valence-electron chi connectivity index (χ1n) is 6.03. The second kappa shape index (κ2) is 5.87. The topological polar surface area (TPSA) is 30.5 Å². The number of methoxy groups -OCH3 is 1. The Morgan fingerprint density at radius 3 is 2.89 bits per heavy atom. The van der Waals surface area contributed by atoms with Crippen molar-refractivity contribution in [2.45, 2.75) is 31.6 Å². The van der Waals surface area contributed by atoms with Gasteiger partial charge in [-0.2, -0.15) is 0 Å². The molecule has 100 valence electrons. The third kappa shape index (κ3) is 2.76. The zero-order chi connectivity index (χ0) is 13.1. The Morgan fingerprint density at radius 2 is 2.28 bits per heavy atom. The van der Waals surface area contributed by atoms with Gasteiger partial charge >= 0.3 is 0 Å². The highest BCUT2D eigenvalue weighted by atomic mass is 35.5. The first-order chi connectivity index (χ1) is 8.65. The fraction of sp³-hybridized carbons (Fsp3) is 0.538. The molecule has 0 spiro atoms. The van der Waals surface area contributed by atoms with Gasteiger partial charge < -0.3 is 14.8 Å². The van der Waals surface area contributed by atoms with Gasteiger partial charge in [-0.3, -0.25) is 0 Å². The maximum Gasteiger partial charge on any atom is 0.138 e. The number of halogens is 2. The van der Waals surface area contributed by atoms with Gasteiger partial charge in [0.15, 0.2) is 0 Å². The van der Waals surface area contributed by atoms with Crippen LogP contribution < -0.4 is 10.1 Å². The van der Waals surface area contributed by atoms with Crippen LogP contribution in [0, 0.1) is 5.82 Å². The van der Waals surface area contributed by atoms with E-state index in [0.717, 1.165) is 13.0 Å². The summed E-state index contributed by atoms with van der Waals surface area (Å²) in [5.41, 5.74) is 0. The van der Waals surface area contributed by atoms with Crippen LogP contribution in [0.3, 0.4) is 0 Å². The maximum absolute atomic E-state index is 12.9. The van der Waals surface area contributed by atoms with Gasteiger partial charge in [0.1, 0.15) is 23.8 Å². The molecule has 0 heterocycles. The molecule has 1 aliphatic rings. The van der Waals surface area contributed by atoms with Gasteiger partial charge in [0.05, 0.1) is 5.02 Å². The van der Waals surface area contributed by atoms with Gasteiger partial charge in [0, 0.05) is 19.6 Å². The average molecular weight is 274 g/mol. The quantitative estimate of drug-likeness (QED) is 0.895. The molecule has 2 rings (SSSR count). The van der Waals surface area contributed by atoms with Crippen LogP contribution in [-0.4, -0.2) is 31.9 Å². The van der Waals surface area contributed by atoms with Crippen molar-refractivity contribution in [1.29, 1.82) is 0 Å². The SMILES string of the molecule is CCNC1CC(Oc2ccc(F)cc2Cl)C1OC. The second-order valence-electron chi connectivity index (χ2n) is 4.33. The number of benzene rings is 1. The van der Waals surface area contributed by atoms with E-state index in [1.165, 1.54) is 12.1 Å². The molecule has 1 aromatic rings. The molecule has 1 aliphatic carbocycles. The van der Waals surface area contributed by atoms with E-state index < -0.39 is 0 Å². The van der Waals surface area contributed by atoms with Gasteiger partial charge in [-0.15, -0.1) is 0 Å². The van der Waals surface area contributed by atoms with Crippen molar-refractivity contribution < 1.29 is 13.9 Å². The Bertz CT molecular complexity index is 416.